The number of anilines is 1. The van der Waals surface area contributed by atoms with Crippen LogP contribution in [0, 0.1) is 0 Å². The molecule has 0 saturated carbocycles. The van der Waals surface area contributed by atoms with E-state index in [4.69, 9.17) is 19.8 Å². The van der Waals surface area contributed by atoms with E-state index in [1.165, 1.54) is 7.11 Å². The molecule has 6 nitrogen and oxygen atoms in total. The highest BCUT2D eigenvalue weighted by molar-refractivity contribution is 7.85. The molecule has 1 aromatic carbocycles. The third-order valence-corrected chi connectivity index (χ3v) is 3.07. The number of hydrogen-bond acceptors (Lipinski definition) is 5. The first-order valence-corrected chi connectivity index (χ1v) is 6.98. The Kier molecular flexibility index (Phi) is 4.80. The van der Waals surface area contributed by atoms with Gasteiger partial charge in [-0.2, -0.15) is 8.42 Å². The molecule has 0 aliphatic heterocycles. The fourth-order valence-corrected chi connectivity index (χ4v) is 2.02. The molecule has 102 valence electrons. The summed E-state index contributed by atoms with van der Waals surface area (Å²) < 4.78 is 40.3. The predicted molar refractivity (Wildman–Crippen MR) is 68.5 cm³/mol. The van der Waals surface area contributed by atoms with Crippen molar-refractivity contribution in [3.05, 3.63) is 18.2 Å². The van der Waals surface area contributed by atoms with Gasteiger partial charge < -0.3 is 15.2 Å². The van der Waals surface area contributed by atoms with Crippen LogP contribution < -0.4 is 15.2 Å². The number of rotatable bonds is 6. The molecule has 1 rings (SSSR count). The highest BCUT2D eigenvalue weighted by Crippen LogP contribution is 2.26. The second-order valence-corrected chi connectivity index (χ2v) is 5.48. The fraction of sp³-hybridized carbons (Fsp3) is 0.455. The average Bonchev–Trinajstić information content (AvgIpc) is 2.26. The molecule has 0 radical (unpaired) electrons. The van der Waals surface area contributed by atoms with E-state index in [0.717, 1.165) is 0 Å². The van der Waals surface area contributed by atoms with Crippen LogP contribution in [0.4, 0.5) is 5.69 Å². The molecule has 0 amide bonds. The molecule has 0 bridgehead atoms. The van der Waals surface area contributed by atoms with E-state index in [1.54, 1.807) is 25.1 Å². The number of nitrogen functional groups attached to an aromatic ring is 1. The van der Waals surface area contributed by atoms with Gasteiger partial charge in [-0.3, -0.25) is 4.55 Å². The van der Waals surface area contributed by atoms with Crippen LogP contribution in [0.25, 0.3) is 0 Å². The molecule has 18 heavy (non-hydrogen) atoms. The van der Waals surface area contributed by atoms with Gasteiger partial charge in [-0.05, 0) is 19.1 Å². The summed E-state index contributed by atoms with van der Waals surface area (Å²) in [7, 11) is -2.44. The molecular weight excluding hydrogens is 258 g/mol. The second kappa shape index (κ2) is 5.92. The number of methoxy groups -OCH3 is 1. The lowest BCUT2D eigenvalue weighted by Gasteiger charge is -2.15. The van der Waals surface area contributed by atoms with Crippen molar-refractivity contribution < 1.29 is 22.4 Å². The summed E-state index contributed by atoms with van der Waals surface area (Å²) in [6, 6.07) is 4.95. The smallest absolute Gasteiger partial charge is 0.264 e. The molecule has 0 aliphatic carbocycles. The van der Waals surface area contributed by atoms with Gasteiger partial charge in [0.05, 0.1) is 24.7 Å². The zero-order valence-electron chi connectivity index (χ0n) is 10.3. The summed E-state index contributed by atoms with van der Waals surface area (Å²) in [4.78, 5) is 0. The summed E-state index contributed by atoms with van der Waals surface area (Å²) in [5.41, 5.74) is 6.15. The van der Waals surface area contributed by atoms with Gasteiger partial charge in [0.25, 0.3) is 10.1 Å². The fourth-order valence-electron chi connectivity index (χ4n) is 1.39. The van der Waals surface area contributed by atoms with Crippen molar-refractivity contribution in [2.24, 2.45) is 0 Å². The van der Waals surface area contributed by atoms with E-state index in [9.17, 15) is 8.42 Å². The van der Waals surface area contributed by atoms with Crippen LogP contribution in [0.1, 0.15) is 13.3 Å². The van der Waals surface area contributed by atoms with Crippen LogP contribution in [0.3, 0.4) is 0 Å². The maximum absolute atomic E-state index is 10.6. The first-order valence-electron chi connectivity index (χ1n) is 5.37. The van der Waals surface area contributed by atoms with Crippen molar-refractivity contribution in [3.8, 4) is 11.5 Å². The summed E-state index contributed by atoms with van der Waals surface area (Å²) in [6.07, 6.45) is -0.148. The van der Waals surface area contributed by atoms with Crippen molar-refractivity contribution in [2.45, 2.75) is 19.4 Å². The molecular formula is C11H17NO5S. The standard InChI is InChI=1S/C11H17NO5S/c1-8(5-6-18(13,14)15)17-9-3-4-11(16-2)10(12)7-9/h3-4,7-8H,5-6,12H2,1-2H3,(H,13,14,15). The minimum atomic E-state index is -3.95. The van der Waals surface area contributed by atoms with Crippen molar-refractivity contribution in [2.75, 3.05) is 18.6 Å². The minimum Gasteiger partial charge on any atom is -0.495 e. The predicted octanol–water partition coefficient (Wildman–Crippen LogP) is 1.32. The second-order valence-electron chi connectivity index (χ2n) is 3.91. The van der Waals surface area contributed by atoms with E-state index in [-0.39, 0.29) is 18.3 Å². The average molecular weight is 275 g/mol. The van der Waals surface area contributed by atoms with Gasteiger partial charge in [0.1, 0.15) is 11.5 Å². The number of hydrogen-bond donors (Lipinski definition) is 2. The normalized spacial score (nSPS) is 13.1. The molecule has 1 unspecified atom stereocenters. The highest BCUT2D eigenvalue weighted by Gasteiger charge is 2.11. The van der Waals surface area contributed by atoms with Crippen LogP contribution in [-0.4, -0.2) is 31.9 Å². The van der Waals surface area contributed by atoms with Gasteiger partial charge >= 0.3 is 0 Å². The Bertz CT molecular complexity index is 500. The zero-order valence-corrected chi connectivity index (χ0v) is 11.1. The van der Waals surface area contributed by atoms with Crippen molar-refractivity contribution in [3.63, 3.8) is 0 Å². The van der Waals surface area contributed by atoms with E-state index in [2.05, 4.69) is 0 Å². The van der Waals surface area contributed by atoms with E-state index in [1.807, 2.05) is 0 Å². The lowest BCUT2D eigenvalue weighted by molar-refractivity contribution is 0.217. The van der Waals surface area contributed by atoms with Gasteiger partial charge in [-0.1, -0.05) is 0 Å². The molecule has 0 aromatic heterocycles. The van der Waals surface area contributed by atoms with E-state index < -0.39 is 10.1 Å². The third kappa shape index (κ3) is 4.80. The summed E-state index contributed by atoms with van der Waals surface area (Å²) in [5.74, 6) is 0.740. The van der Waals surface area contributed by atoms with E-state index >= 15 is 0 Å². The first kappa shape index (κ1) is 14.6. The Morgan fingerprint density at radius 2 is 2.11 bits per heavy atom. The van der Waals surface area contributed by atoms with Gasteiger partial charge in [0.15, 0.2) is 0 Å². The van der Waals surface area contributed by atoms with Gasteiger partial charge in [0.2, 0.25) is 0 Å². The Morgan fingerprint density at radius 1 is 1.44 bits per heavy atom. The molecule has 7 heteroatoms. The molecule has 0 heterocycles. The molecule has 0 saturated heterocycles. The summed E-state index contributed by atoms with van der Waals surface area (Å²) >= 11 is 0. The van der Waals surface area contributed by atoms with Crippen LogP contribution in [0.5, 0.6) is 11.5 Å². The maximum atomic E-state index is 10.6. The molecule has 0 fully saturated rings. The topological polar surface area (TPSA) is 98.8 Å². The Hall–Kier alpha value is -1.47. The van der Waals surface area contributed by atoms with Crippen molar-refractivity contribution in [1.82, 2.24) is 0 Å². The van der Waals surface area contributed by atoms with Gasteiger partial charge in [0, 0.05) is 12.5 Å². The Labute approximate surface area is 106 Å². The van der Waals surface area contributed by atoms with Gasteiger partial charge in [-0.25, -0.2) is 0 Å². The minimum absolute atomic E-state index is 0.199. The maximum Gasteiger partial charge on any atom is 0.264 e. The SMILES string of the molecule is COc1ccc(OC(C)CCS(=O)(=O)O)cc1N. The summed E-state index contributed by atoms with van der Waals surface area (Å²) in [6.45, 7) is 1.71. The number of benzene rings is 1. The number of ether oxygens (including phenoxy) is 2. The van der Waals surface area contributed by atoms with Gasteiger partial charge in [-0.15, -0.1) is 0 Å². The quantitative estimate of drug-likeness (QED) is 0.600. The zero-order chi connectivity index (χ0) is 13.8. The molecule has 0 spiro atoms. The molecule has 1 atom stereocenters. The lowest BCUT2D eigenvalue weighted by atomic mass is 10.2. The molecule has 3 N–H and O–H groups in total. The van der Waals surface area contributed by atoms with Crippen molar-refractivity contribution >= 4 is 15.8 Å². The van der Waals surface area contributed by atoms with Crippen LogP contribution in [-0.2, 0) is 10.1 Å². The highest BCUT2D eigenvalue weighted by atomic mass is 32.2. The van der Waals surface area contributed by atoms with Crippen LogP contribution in [0.15, 0.2) is 18.2 Å². The lowest BCUT2D eigenvalue weighted by Crippen LogP contribution is -2.17. The summed E-state index contributed by atoms with van der Waals surface area (Å²) in [5, 5.41) is 0. The number of nitrogens with two attached hydrogens (primary N) is 1. The third-order valence-electron chi connectivity index (χ3n) is 2.32. The Morgan fingerprint density at radius 3 is 2.61 bits per heavy atom. The van der Waals surface area contributed by atoms with Crippen LogP contribution in [0.2, 0.25) is 0 Å². The largest absolute Gasteiger partial charge is 0.495 e. The Balaban J connectivity index is 2.59. The molecule has 1 aromatic rings. The van der Waals surface area contributed by atoms with Crippen LogP contribution >= 0.6 is 0 Å². The first-order chi connectivity index (χ1) is 8.31. The van der Waals surface area contributed by atoms with E-state index in [0.29, 0.717) is 17.2 Å². The van der Waals surface area contributed by atoms with Crippen molar-refractivity contribution in [1.29, 1.82) is 0 Å². The monoisotopic (exact) mass is 275 g/mol. The molecule has 0 aliphatic rings.